The fourth-order valence-electron chi connectivity index (χ4n) is 6.11. The average molecular weight is 593 g/mol. The number of halogens is 1. The third-order valence-corrected chi connectivity index (χ3v) is 8.77. The summed E-state index contributed by atoms with van der Waals surface area (Å²) in [5, 5.41) is 1.22. The highest BCUT2D eigenvalue weighted by Gasteiger charge is 2.31. The van der Waals surface area contributed by atoms with Crippen molar-refractivity contribution in [3.63, 3.8) is 0 Å². The molecule has 3 aromatic rings. The van der Waals surface area contributed by atoms with Crippen molar-refractivity contribution in [2.75, 3.05) is 49.1 Å². The quantitative estimate of drug-likeness (QED) is 0.370. The lowest BCUT2D eigenvalue weighted by atomic mass is 10.0. The zero-order valence-corrected chi connectivity index (χ0v) is 26.0. The van der Waals surface area contributed by atoms with Crippen molar-refractivity contribution in [2.24, 2.45) is 5.92 Å². The Morgan fingerprint density at radius 1 is 1.12 bits per heavy atom. The van der Waals surface area contributed by atoms with Gasteiger partial charge < -0.3 is 19.4 Å². The van der Waals surface area contributed by atoms with Crippen LogP contribution in [0, 0.1) is 5.92 Å². The highest BCUT2D eigenvalue weighted by atomic mass is 35.5. The van der Waals surface area contributed by atoms with Crippen LogP contribution in [-0.2, 0) is 22.4 Å². The minimum absolute atomic E-state index is 0.0606. The Hall–Kier alpha value is -3.43. The number of fused-ring (bicyclic) bond motifs is 1. The molecule has 5 rings (SSSR count). The Balaban J connectivity index is 1.74. The smallest absolute Gasteiger partial charge is 0.355 e. The topological polar surface area (TPSA) is 83.8 Å². The number of pyridine rings is 1. The summed E-state index contributed by atoms with van der Waals surface area (Å²) < 4.78 is 7.70. The zero-order chi connectivity index (χ0) is 30.1. The normalized spacial score (nSPS) is 19.5. The lowest BCUT2D eigenvalue weighted by molar-refractivity contribution is -0.126. The van der Waals surface area contributed by atoms with Crippen LogP contribution >= 0.6 is 11.6 Å². The summed E-state index contributed by atoms with van der Waals surface area (Å²) in [4.78, 5) is 42.3. The van der Waals surface area contributed by atoms with Crippen LogP contribution in [0.3, 0.4) is 0 Å². The van der Waals surface area contributed by atoms with Crippen molar-refractivity contribution >= 4 is 40.2 Å². The molecule has 10 heteroatoms. The van der Waals surface area contributed by atoms with Crippen molar-refractivity contribution < 1.29 is 9.53 Å². The SMILES string of the molecule is C=CC(=O)N1CCN(c2nc(=O)n(-c3c(CC)cccc3CC)c3nc(N4CCOC(C(C)C)C4)c(Cl)cc23)C(C)C1. The largest absolute Gasteiger partial charge is 0.374 e. The molecule has 0 saturated carbocycles. The molecule has 224 valence electrons. The monoisotopic (exact) mass is 592 g/mol. The molecule has 1 amide bonds. The first kappa shape index (κ1) is 30.0. The molecule has 0 N–H and O–H groups in total. The fraction of sp³-hybridized carbons (Fsp3) is 0.500. The number of carbonyl (C=O) groups excluding carboxylic acids is 1. The molecule has 2 fully saturated rings. The third-order valence-electron chi connectivity index (χ3n) is 8.49. The van der Waals surface area contributed by atoms with Gasteiger partial charge in [-0.3, -0.25) is 4.79 Å². The number of benzene rings is 1. The van der Waals surface area contributed by atoms with E-state index < -0.39 is 0 Å². The Morgan fingerprint density at radius 2 is 1.83 bits per heavy atom. The van der Waals surface area contributed by atoms with Crippen LogP contribution in [0.2, 0.25) is 5.02 Å². The first-order chi connectivity index (χ1) is 20.2. The second-order valence-corrected chi connectivity index (χ2v) is 11.9. The number of aryl methyl sites for hydroxylation is 2. The van der Waals surface area contributed by atoms with Crippen molar-refractivity contribution in [1.82, 2.24) is 19.4 Å². The molecule has 2 aliphatic rings. The standard InChI is InChI=1S/C32H41ClN6O3/c1-7-22-11-10-12-23(8-2)28(22)39-30-24(17-25(33)31(34-30)37-15-16-42-26(19-37)20(4)5)29(35-32(39)41)38-14-13-36(18-21(38)6)27(40)9-3/h9-12,17,20-21,26H,3,7-8,13-16,18-19H2,1-2,4-6H3. The maximum atomic E-state index is 14.1. The number of para-hydroxylation sites is 1. The fourth-order valence-corrected chi connectivity index (χ4v) is 6.38. The molecule has 0 radical (unpaired) electrons. The van der Waals surface area contributed by atoms with E-state index in [4.69, 9.17) is 21.3 Å². The van der Waals surface area contributed by atoms with Gasteiger partial charge in [0.15, 0.2) is 5.65 Å². The molecule has 0 bridgehead atoms. The van der Waals surface area contributed by atoms with Crippen LogP contribution in [0.25, 0.3) is 16.7 Å². The molecular formula is C32H41ClN6O3. The number of ether oxygens (including phenoxy) is 1. The second kappa shape index (κ2) is 12.4. The van der Waals surface area contributed by atoms with Crippen LogP contribution < -0.4 is 15.5 Å². The Morgan fingerprint density at radius 3 is 2.45 bits per heavy atom. The molecular weight excluding hydrogens is 552 g/mol. The summed E-state index contributed by atoms with van der Waals surface area (Å²) in [6.07, 6.45) is 2.92. The molecule has 2 unspecified atom stereocenters. The van der Waals surface area contributed by atoms with Crippen molar-refractivity contribution in [3.05, 3.63) is 63.6 Å². The molecule has 2 aliphatic heterocycles. The molecule has 1 aromatic carbocycles. The maximum absolute atomic E-state index is 14.1. The Kier molecular flexibility index (Phi) is 8.89. The van der Waals surface area contributed by atoms with Gasteiger partial charge in [0.05, 0.1) is 28.8 Å². The van der Waals surface area contributed by atoms with E-state index in [0.29, 0.717) is 72.9 Å². The number of morpholine rings is 1. The predicted molar refractivity (Wildman–Crippen MR) is 169 cm³/mol. The number of anilines is 2. The highest BCUT2D eigenvalue weighted by Crippen LogP contribution is 2.35. The van der Waals surface area contributed by atoms with E-state index in [1.807, 2.05) is 19.1 Å². The molecule has 0 aliphatic carbocycles. The Bertz CT molecular complexity index is 1530. The summed E-state index contributed by atoms with van der Waals surface area (Å²) in [7, 11) is 0. The molecule has 0 spiro atoms. The summed E-state index contributed by atoms with van der Waals surface area (Å²) >= 11 is 7.01. The number of hydrogen-bond donors (Lipinski definition) is 0. The molecule has 42 heavy (non-hydrogen) atoms. The number of nitrogens with zero attached hydrogens (tertiary/aromatic N) is 6. The third kappa shape index (κ3) is 5.52. The van der Waals surface area contributed by atoms with E-state index in [1.165, 1.54) is 6.08 Å². The van der Waals surface area contributed by atoms with E-state index in [-0.39, 0.29) is 23.7 Å². The van der Waals surface area contributed by atoms with Crippen LogP contribution in [0.1, 0.15) is 45.7 Å². The molecule has 2 aromatic heterocycles. The maximum Gasteiger partial charge on any atom is 0.355 e. The number of carbonyl (C=O) groups is 1. The van der Waals surface area contributed by atoms with Gasteiger partial charge in [-0.1, -0.05) is 64.1 Å². The number of piperazine rings is 1. The summed E-state index contributed by atoms with van der Waals surface area (Å²) in [5.74, 6) is 1.43. The number of hydrogen-bond acceptors (Lipinski definition) is 7. The van der Waals surface area contributed by atoms with E-state index >= 15 is 0 Å². The average Bonchev–Trinajstić information content (AvgIpc) is 3.00. The molecule has 2 saturated heterocycles. The van der Waals surface area contributed by atoms with Gasteiger partial charge in [-0.15, -0.1) is 0 Å². The zero-order valence-electron chi connectivity index (χ0n) is 25.3. The van der Waals surface area contributed by atoms with Crippen molar-refractivity contribution in [3.8, 4) is 5.69 Å². The lowest BCUT2D eigenvalue weighted by Crippen LogP contribution is -2.54. The van der Waals surface area contributed by atoms with Gasteiger partial charge in [0.2, 0.25) is 5.91 Å². The number of amides is 1. The molecule has 9 nitrogen and oxygen atoms in total. The minimum atomic E-state index is -0.382. The first-order valence-corrected chi connectivity index (χ1v) is 15.3. The number of rotatable bonds is 7. The van der Waals surface area contributed by atoms with E-state index in [1.54, 1.807) is 9.47 Å². The van der Waals surface area contributed by atoms with Crippen LogP contribution in [0.15, 0.2) is 41.7 Å². The van der Waals surface area contributed by atoms with Gasteiger partial charge >= 0.3 is 5.69 Å². The summed E-state index contributed by atoms with van der Waals surface area (Å²) in [5.41, 5.74) is 3.11. The minimum Gasteiger partial charge on any atom is -0.374 e. The van der Waals surface area contributed by atoms with Gasteiger partial charge in [-0.05, 0) is 49.0 Å². The van der Waals surface area contributed by atoms with Gasteiger partial charge in [0, 0.05) is 38.8 Å². The molecule has 4 heterocycles. The van der Waals surface area contributed by atoms with E-state index in [0.717, 1.165) is 29.7 Å². The lowest BCUT2D eigenvalue weighted by Gasteiger charge is -2.40. The van der Waals surface area contributed by atoms with Crippen LogP contribution in [0.5, 0.6) is 0 Å². The first-order valence-electron chi connectivity index (χ1n) is 15.0. The van der Waals surface area contributed by atoms with Crippen LogP contribution in [0.4, 0.5) is 11.6 Å². The highest BCUT2D eigenvalue weighted by molar-refractivity contribution is 6.33. The van der Waals surface area contributed by atoms with Gasteiger partial charge in [-0.25, -0.2) is 14.3 Å². The van der Waals surface area contributed by atoms with Gasteiger partial charge in [0.25, 0.3) is 0 Å². The summed E-state index contributed by atoms with van der Waals surface area (Å²) in [6.45, 7) is 17.6. The second-order valence-electron chi connectivity index (χ2n) is 11.5. The van der Waals surface area contributed by atoms with Crippen molar-refractivity contribution in [2.45, 2.75) is 59.6 Å². The van der Waals surface area contributed by atoms with E-state index in [2.05, 4.69) is 61.2 Å². The van der Waals surface area contributed by atoms with Gasteiger partial charge in [0.1, 0.15) is 11.6 Å². The number of aromatic nitrogens is 3. The van der Waals surface area contributed by atoms with Crippen LogP contribution in [-0.4, -0.2) is 76.8 Å². The van der Waals surface area contributed by atoms with E-state index in [9.17, 15) is 9.59 Å². The molecule has 2 atom stereocenters. The Labute approximate surface area is 252 Å². The predicted octanol–water partition coefficient (Wildman–Crippen LogP) is 4.64. The van der Waals surface area contributed by atoms with Crippen molar-refractivity contribution in [1.29, 1.82) is 0 Å². The summed E-state index contributed by atoms with van der Waals surface area (Å²) in [6, 6.07) is 7.99. The van der Waals surface area contributed by atoms with Gasteiger partial charge in [-0.2, -0.15) is 4.98 Å².